The largest absolute Gasteiger partial charge is 0.497 e. The molecule has 3 heteroatoms. The van der Waals surface area contributed by atoms with Crippen LogP contribution in [0, 0.1) is 0 Å². The standard InChI is InChI=1S/C15H22O3/c1-4-5-6-11-18-12(2)15(16)13-7-9-14(17-3)10-8-13/h7-10,12H,4-6,11H2,1-3H3. The minimum absolute atomic E-state index is 0.0224. The van der Waals surface area contributed by atoms with E-state index in [2.05, 4.69) is 6.92 Å². The monoisotopic (exact) mass is 250 g/mol. The van der Waals surface area contributed by atoms with Gasteiger partial charge in [0.2, 0.25) is 0 Å². The Kier molecular flexibility index (Phi) is 6.44. The first-order valence-corrected chi connectivity index (χ1v) is 6.49. The lowest BCUT2D eigenvalue weighted by atomic mass is 10.1. The Hall–Kier alpha value is -1.35. The molecular formula is C15H22O3. The van der Waals surface area contributed by atoms with Crippen LogP contribution in [0.15, 0.2) is 24.3 Å². The van der Waals surface area contributed by atoms with Crippen molar-refractivity contribution in [2.75, 3.05) is 13.7 Å². The molecule has 0 fully saturated rings. The van der Waals surface area contributed by atoms with Gasteiger partial charge in [-0.25, -0.2) is 0 Å². The average Bonchev–Trinajstić information content (AvgIpc) is 2.42. The van der Waals surface area contributed by atoms with Crippen molar-refractivity contribution in [2.45, 2.75) is 39.2 Å². The third kappa shape index (κ3) is 4.49. The quantitative estimate of drug-likeness (QED) is 0.523. The van der Waals surface area contributed by atoms with Gasteiger partial charge in [0.1, 0.15) is 11.9 Å². The Bertz CT molecular complexity index is 357. The molecular weight excluding hydrogens is 228 g/mol. The van der Waals surface area contributed by atoms with Crippen molar-refractivity contribution in [1.29, 1.82) is 0 Å². The molecule has 0 heterocycles. The van der Waals surface area contributed by atoms with Crippen LogP contribution in [-0.4, -0.2) is 25.6 Å². The molecule has 100 valence electrons. The molecule has 1 aromatic carbocycles. The number of rotatable bonds is 8. The van der Waals surface area contributed by atoms with Crippen LogP contribution in [0.25, 0.3) is 0 Å². The molecule has 0 saturated carbocycles. The second-order valence-corrected chi connectivity index (χ2v) is 4.31. The summed E-state index contributed by atoms with van der Waals surface area (Å²) in [6, 6.07) is 7.12. The van der Waals surface area contributed by atoms with E-state index < -0.39 is 0 Å². The van der Waals surface area contributed by atoms with Gasteiger partial charge in [0.25, 0.3) is 0 Å². The number of benzene rings is 1. The lowest BCUT2D eigenvalue weighted by Crippen LogP contribution is -2.21. The summed E-state index contributed by atoms with van der Waals surface area (Å²) < 4.78 is 10.6. The van der Waals surface area contributed by atoms with Crippen LogP contribution >= 0.6 is 0 Å². The van der Waals surface area contributed by atoms with Gasteiger partial charge in [-0.1, -0.05) is 19.8 Å². The Morgan fingerprint density at radius 3 is 2.44 bits per heavy atom. The molecule has 0 amide bonds. The van der Waals surface area contributed by atoms with Gasteiger partial charge in [-0.05, 0) is 37.6 Å². The minimum atomic E-state index is -0.379. The van der Waals surface area contributed by atoms with Crippen LogP contribution in [0.1, 0.15) is 43.5 Å². The highest BCUT2D eigenvalue weighted by Crippen LogP contribution is 2.13. The Morgan fingerprint density at radius 1 is 1.22 bits per heavy atom. The highest BCUT2D eigenvalue weighted by atomic mass is 16.5. The first kappa shape index (κ1) is 14.7. The van der Waals surface area contributed by atoms with E-state index in [1.165, 1.54) is 0 Å². The number of Topliss-reactive ketones (excluding diaryl/α,β-unsaturated/α-hetero) is 1. The zero-order valence-corrected chi connectivity index (χ0v) is 11.4. The second kappa shape index (κ2) is 7.88. The summed E-state index contributed by atoms with van der Waals surface area (Å²) in [4.78, 5) is 12.0. The molecule has 0 aliphatic carbocycles. The summed E-state index contributed by atoms with van der Waals surface area (Å²) in [6.07, 6.45) is 2.93. The Labute approximate surface area is 109 Å². The van der Waals surface area contributed by atoms with Crippen molar-refractivity contribution < 1.29 is 14.3 Å². The van der Waals surface area contributed by atoms with Gasteiger partial charge in [-0.3, -0.25) is 4.79 Å². The van der Waals surface area contributed by atoms with E-state index in [9.17, 15) is 4.79 Å². The maximum Gasteiger partial charge on any atom is 0.191 e. The molecule has 0 aliphatic heterocycles. The lowest BCUT2D eigenvalue weighted by Gasteiger charge is -2.12. The molecule has 0 aromatic heterocycles. The molecule has 1 aromatic rings. The maximum atomic E-state index is 12.0. The van der Waals surface area contributed by atoms with Crippen molar-refractivity contribution in [3.63, 3.8) is 0 Å². The summed E-state index contributed by atoms with van der Waals surface area (Å²) in [6.45, 7) is 4.60. The third-order valence-electron chi connectivity index (χ3n) is 2.86. The SMILES string of the molecule is CCCCCOC(C)C(=O)c1ccc(OC)cc1. The maximum absolute atomic E-state index is 12.0. The molecule has 0 aliphatic rings. The number of hydrogen-bond acceptors (Lipinski definition) is 3. The summed E-state index contributed by atoms with van der Waals surface area (Å²) in [7, 11) is 1.61. The van der Waals surface area contributed by atoms with Gasteiger partial charge in [0.05, 0.1) is 7.11 Å². The van der Waals surface area contributed by atoms with Gasteiger partial charge >= 0.3 is 0 Å². The molecule has 0 spiro atoms. The van der Waals surface area contributed by atoms with E-state index in [1.54, 1.807) is 38.3 Å². The van der Waals surface area contributed by atoms with Crippen LogP contribution in [0.5, 0.6) is 5.75 Å². The summed E-state index contributed by atoms with van der Waals surface area (Å²) in [5, 5.41) is 0. The van der Waals surface area contributed by atoms with Crippen LogP contribution in [0.4, 0.5) is 0 Å². The number of ether oxygens (including phenoxy) is 2. The van der Waals surface area contributed by atoms with E-state index in [0.29, 0.717) is 12.2 Å². The van der Waals surface area contributed by atoms with Crippen molar-refractivity contribution in [2.24, 2.45) is 0 Å². The van der Waals surface area contributed by atoms with Crippen molar-refractivity contribution in [1.82, 2.24) is 0 Å². The van der Waals surface area contributed by atoms with Gasteiger partial charge in [-0.15, -0.1) is 0 Å². The Balaban J connectivity index is 2.46. The van der Waals surface area contributed by atoms with Crippen LogP contribution < -0.4 is 4.74 Å². The van der Waals surface area contributed by atoms with Crippen LogP contribution in [0.2, 0.25) is 0 Å². The molecule has 3 nitrogen and oxygen atoms in total. The fourth-order valence-electron chi connectivity index (χ4n) is 1.68. The van der Waals surface area contributed by atoms with Crippen molar-refractivity contribution >= 4 is 5.78 Å². The predicted octanol–water partition coefficient (Wildman–Crippen LogP) is 3.47. The van der Waals surface area contributed by atoms with Gasteiger partial charge < -0.3 is 9.47 Å². The van der Waals surface area contributed by atoms with E-state index >= 15 is 0 Å². The normalized spacial score (nSPS) is 12.2. The first-order valence-electron chi connectivity index (χ1n) is 6.49. The molecule has 0 radical (unpaired) electrons. The first-order chi connectivity index (χ1) is 8.69. The van der Waals surface area contributed by atoms with Gasteiger partial charge in [-0.2, -0.15) is 0 Å². The Morgan fingerprint density at radius 2 is 1.89 bits per heavy atom. The van der Waals surface area contributed by atoms with Crippen LogP contribution in [0.3, 0.4) is 0 Å². The number of carbonyl (C=O) groups excluding carboxylic acids is 1. The summed E-state index contributed by atoms with van der Waals surface area (Å²) in [5.41, 5.74) is 0.666. The molecule has 1 unspecified atom stereocenters. The third-order valence-corrected chi connectivity index (χ3v) is 2.86. The number of hydrogen-bond donors (Lipinski definition) is 0. The average molecular weight is 250 g/mol. The van der Waals surface area contributed by atoms with E-state index in [0.717, 1.165) is 25.0 Å². The van der Waals surface area contributed by atoms with Gasteiger partial charge in [0, 0.05) is 12.2 Å². The highest BCUT2D eigenvalue weighted by Gasteiger charge is 2.15. The van der Waals surface area contributed by atoms with Gasteiger partial charge in [0.15, 0.2) is 5.78 Å². The molecule has 1 atom stereocenters. The lowest BCUT2D eigenvalue weighted by molar-refractivity contribution is 0.0465. The fraction of sp³-hybridized carbons (Fsp3) is 0.533. The minimum Gasteiger partial charge on any atom is -0.497 e. The number of methoxy groups -OCH3 is 1. The fourth-order valence-corrected chi connectivity index (χ4v) is 1.68. The molecule has 18 heavy (non-hydrogen) atoms. The molecule has 0 N–H and O–H groups in total. The van der Waals surface area contributed by atoms with Crippen LogP contribution in [-0.2, 0) is 4.74 Å². The summed E-state index contributed by atoms with van der Waals surface area (Å²) >= 11 is 0. The molecule has 0 saturated heterocycles. The number of unbranched alkanes of at least 4 members (excludes halogenated alkanes) is 2. The predicted molar refractivity (Wildman–Crippen MR) is 72.3 cm³/mol. The zero-order chi connectivity index (χ0) is 13.4. The van der Waals surface area contributed by atoms with Crippen molar-refractivity contribution in [3.05, 3.63) is 29.8 Å². The zero-order valence-electron chi connectivity index (χ0n) is 11.4. The number of ketones is 1. The number of carbonyl (C=O) groups is 1. The second-order valence-electron chi connectivity index (χ2n) is 4.31. The van der Waals surface area contributed by atoms with E-state index in [1.807, 2.05) is 0 Å². The van der Waals surface area contributed by atoms with E-state index in [4.69, 9.17) is 9.47 Å². The molecule has 0 bridgehead atoms. The van der Waals surface area contributed by atoms with Crippen molar-refractivity contribution in [3.8, 4) is 5.75 Å². The summed E-state index contributed by atoms with van der Waals surface area (Å²) in [5.74, 6) is 0.775. The smallest absolute Gasteiger partial charge is 0.191 e. The topological polar surface area (TPSA) is 35.5 Å². The highest BCUT2D eigenvalue weighted by molar-refractivity contribution is 5.99. The van der Waals surface area contributed by atoms with E-state index in [-0.39, 0.29) is 11.9 Å². The molecule has 1 rings (SSSR count).